The van der Waals surface area contributed by atoms with Crippen LogP contribution in [0.2, 0.25) is 0 Å². The van der Waals surface area contributed by atoms with Gasteiger partial charge in [0.05, 0.1) is 17.2 Å². The first kappa shape index (κ1) is 11.7. The van der Waals surface area contributed by atoms with Crippen molar-refractivity contribution in [3.05, 3.63) is 34.9 Å². The van der Waals surface area contributed by atoms with E-state index < -0.39 is 5.60 Å². The Morgan fingerprint density at radius 2 is 2.00 bits per heavy atom. The number of nitrogens with one attached hydrogen (secondary N) is 1. The van der Waals surface area contributed by atoms with Gasteiger partial charge < -0.3 is 10.4 Å². The lowest BCUT2D eigenvalue weighted by molar-refractivity contribution is -0.0117. The van der Waals surface area contributed by atoms with Crippen LogP contribution in [0.4, 0.5) is 0 Å². The first-order valence-corrected chi connectivity index (χ1v) is 6.60. The van der Waals surface area contributed by atoms with Gasteiger partial charge in [0, 0.05) is 17.6 Å². The number of aliphatic hydroxyl groups is 1. The average molecular weight is 242 g/mol. The molecule has 2 heterocycles. The zero-order valence-electron chi connectivity index (χ0n) is 10.6. The fraction of sp³-hybridized carbons (Fsp3) is 0.533. The first-order valence-electron chi connectivity index (χ1n) is 6.60. The number of piperidine rings is 1. The standard InChI is InChI=1S/C15H18N2O/c1-10-2-3-11(9-16)14(6-10)15(18)7-12-4-5-13(8-15)17-12/h2-3,6,12-13,17-18H,4-5,7-8H2,1H3. The molecule has 2 atom stereocenters. The SMILES string of the molecule is Cc1ccc(C#N)c(C2(O)CC3CCC(C2)N3)c1. The molecule has 3 heteroatoms. The Balaban J connectivity index is 2.03. The van der Waals surface area contributed by atoms with Crippen molar-refractivity contribution in [2.45, 2.75) is 50.3 Å². The highest BCUT2D eigenvalue weighted by Gasteiger charge is 2.44. The van der Waals surface area contributed by atoms with Crippen molar-refractivity contribution in [1.82, 2.24) is 5.32 Å². The molecular weight excluding hydrogens is 224 g/mol. The molecule has 0 saturated carbocycles. The highest BCUT2D eigenvalue weighted by atomic mass is 16.3. The van der Waals surface area contributed by atoms with E-state index >= 15 is 0 Å². The summed E-state index contributed by atoms with van der Waals surface area (Å²) in [6.07, 6.45) is 3.73. The Kier molecular flexibility index (Phi) is 2.65. The van der Waals surface area contributed by atoms with Crippen molar-refractivity contribution >= 4 is 0 Å². The van der Waals surface area contributed by atoms with Gasteiger partial charge in [0.15, 0.2) is 0 Å². The van der Waals surface area contributed by atoms with Crippen LogP contribution in [-0.4, -0.2) is 17.2 Å². The number of benzene rings is 1. The molecule has 2 bridgehead atoms. The predicted octanol–water partition coefficient (Wildman–Crippen LogP) is 1.97. The van der Waals surface area contributed by atoms with Crippen LogP contribution in [0.25, 0.3) is 0 Å². The Bertz CT molecular complexity index is 506. The Labute approximate surface area is 107 Å². The molecule has 3 nitrogen and oxygen atoms in total. The van der Waals surface area contributed by atoms with Gasteiger partial charge in [-0.25, -0.2) is 0 Å². The van der Waals surface area contributed by atoms with E-state index in [-0.39, 0.29) is 0 Å². The number of nitriles is 1. The maximum Gasteiger partial charge on any atom is 0.0995 e. The molecule has 2 aliphatic rings. The van der Waals surface area contributed by atoms with Crippen molar-refractivity contribution in [3.8, 4) is 6.07 Å². The highest BCUT2D eigenvalue weighted by molar-refractivity contribution is 5.44. The van der Waals surface area contributed by atoms with Gasteiger partial charge in [0.2, 0.25) is 0 Å². The molecule has 2 unspecified atom stereocenters. The van der Waals surface area contributed by atoms with Gasteiger partial charge in [-0.1, -0.05) is 17.7 Å². The number of aryl methyl sites for hydroxylation is 1. The zero-order chi connectivity index (χ0) is 12.8. The first-order chi connectivity index (χ1) is 8.60. The summed E-state index contributed by atoms with van der Waals surface area (Å²) in [6.45, 7) is 2.00. The van der Waals surface area contributed by atoms with E-state index in [4.69, 9.17) is 0 Å². The predicted molar refractivity (Wildman–Crippen MR) is 69.0 cm³/mol. The summed E-state index contributed by atoms with van der Waals surface area (Å²) in [7, 11) is 0. The molecule has 1 aromatic rings. The minimum atomic E-state index is -0.825. The zero-order valence-corrected chi connectivity index (χ0v) is 10.6. The van der Waals surface area contributed by atoms with E-state index in [2.05, 4.69) is 11.4 Å². The molecule has 0 radical (unpaired) electrons. The summed E-state index contributed by atoms with van der Waals surface area (Å²) in [5.74, 6) is 0. The smallest absolute Gasteiger partial charge is 0.0995 e. The molecule has 1 aromatic carbocycles. The average Bonchev–Trinajstić information content (AvgIpc) is 2.69. The summed E-state index contributed by atoms with van der Waals surface area (Å²) in [5.41, 5.74) is 1.71. The van der Waals surface area contributed by atoms with Gasteiger partial charge in [-0.2, -0.15) is 5.26 Å². The van der Waals surface area contributed by atoms with Crippen LogP contribution in [0.3, 0.4) is 0 Å². The summed E-state index contributed by atoms with van der Waals surface area (Å²) in [4.78, 5) is 0. The molecule has 18 heavy (non-hydrogen) atoms. The number of nitrogens with zero attached hydrogens (tertiary/aromatic N) is 1. The number of hydrogen-bond donors (Lipinski definition) is 2. The van der Waals surface area contributed by atoms with E-state index in [9.17, 15) is 10.4 Å². The molecule has 2 aliphatic heterocycles. The van der Waals surface area contributed by atoms with Gasteiger partial charge in [-0.3, -0.25) is 0 Å². The normalized spacial score (nSPS) is 34.3. The Hall–Kier alpha value is -1.37. The Morgan fingerprint density at radius 3 is 2.61 bits per heavy atom. The lowest BCUT2D eigenvalue weighted by Gasteiger charge is -2.38. The second-order valence-electron chi connectivity index (χ2n) is 5.74. The van der Waals surface area contributed by atoms with Gasteiger partial charge >= 0.3 is 0 Å². The molecule has 0 aromatic heterocycles. The summed E-state index contributed by atoms with van der Waals surface area (Å²) >= 11 is 0. The van der Waals surface area contributed by atoms with Gasteiger partial charge in [0.25, 0.3) is 0 Å². The van der Waals surface area contributed by atoms with E-state index in [1.165, 1.54) is 0 Å². The van der Waals surface area contributed by atoms with Crippen molar-refractivity contribution in [2.24, 2.45) is 0 Å². The molecular formula is C15H18N2O. The molecule has 2 saturated heterocycles. The summed E-state index contributed by atoms with van der Waals surface area (Å²) in [6, 6.07) is 8.76. The van der Waals surface area contributed by atoms with Crippen molar-refractivity contribution in [1.29, 1.82) is 5.26 Å². The third-order valence-corrected chi connectivity index (χ3v) is 4.30. The third kappa shape index (κ3) is 1.82. The van der Waals surface area contributed by atoms with Crippen molar-refractivity contribution in [2.75, 3.05) is 0 Å². The second kappa shape index (κ2) is 4.08. The van der Waals surface area contributed by atoms with E-state index in [1.54, 1.807) is 0 Å². The fourth-order valence-corrected chi connectivity index (χ4v) is 3.48. The highest BCUT2D eigenvalue weighted by Crippen LogP contribution is 2.41. The van der Waals surface area contributed by atoms with Crippen molar-refractivity contribution < 1.29 is 5.11 Å². The van der Waals surface area contributed by atoms with E-state index in [1.807, 2.05) is 25.1 Å². The van der Waals surface area contributed by atoms with Crippen LogP contribution < -0.4 is 5.32 Å². The molecule has 0 aliphatic carbocycles. The fourth-order valence-electron chi connectivity index (χ4n) is 3.48. The quantitative estimate of drug-likeness (QED) is 0.791. The third-order valence-electron chi connectivity index (χ3n) is 4.30. The van der Waals surface area contributed by atoms with Gasteiger partial charge in [-0.15, -0.1) is 0 Å². The number of fused-ring (bicyclic) bond motifs is 2. The Morgan fingerprint density at radius 1 is 1.33 bits per heavy atom. The van der Waals surface area contributed by atoms with Crippen LogP contribution in [0, 0.1) is 18.3 Å². The largest absolute Gasteiger partial charge is 0.385 e. The monoisotopic (exact) mass is 242 g/mol. The second-order valence-corrected chi connectivity index (χ2v) is 5.74. The lowest BCUT2D eigenvalue weighted by Crippen LogP contribution is -2.47. The maximum atomic E-state index is 11.0. The minimum absolute atomic E-state index is 0.404. The summed E-state index contributed by atoms with van der Waals surface area (Å²) in [5, 5.41) is 23.7. The maximum absolute atomic E-state index is 11.0. The lowest BCUT2D eigenvalue weighted by atomic mass is 9.79. The number of rotatable bonds is 1. The van der Waals surface area contributed by atoms with Crippen LogP contribution in [0.15, 0.2) is 18.2 Å². The van der Waals surface area contributed by atoms with Gasteiger partial charge in [-0.05, 0) is 38.7 Å². The molecule has 2 fully saturated rings. The van der Waals surface area contributed by atoms with Crippen LogP contribution >= 0.6 is 0 Å². The molecule has 2 N–H and O–H groups in total. The van der Waals surface area contributed by atoms with Gasteiger partial charge in [0.1, 0.15) is 0 Å². The van der Waals surface area contributed by atoms with Crippen LogP contribution in [0.5, 0.6) is 0 Å². The number of hydrogen-bond acceptors (Lipinski definition) is 3. The minimum Gasteiger partial charge on any atom is -0.385 e. The van der Waals surface area contributed by atoms with E-state index in [0.29, 0.717) is 17.6 Å². The van der Waals surface area contributed by atoms with Crippen LogP contribution in [-0.2, 0) is 5.60 Å². The van der Waals surface area contributed by atoms with Crippen LogP contribution in [0.1, 0.15) is 42.4 Å². The molecule has 0 amide bonds. The molecule has 3 rings (SSSR count). The van der Waals surface area contributed by atoms with Crippen molar-refractivity contribution in [3.63, 3.8) is 0 Å². The summed E-state index contributed by atoms with van der Waals surface area (Å²) < 4.78 is 0. The van der Waals surface area contributed by atoms with E-state index in [0.717, 1.165) is 36.8 Å². The molecule has 0 spiro atoms. The molecule has 94 valence electrons. The topological polar surface area (TPSA) is 56.0 Å².